The molecule has 3 N–H and O–H groups in total. The summed E-state index contributed by atoms with van der Waals surface area (Å²) in [6.45, 7) is 3.44. The minimum absolute atomic E-state index is 0.124. The number of esters is 1. The third kappa shape index (κ3) is 6.46. The molecule has 5 rings (SSSR count). The van der Waals surface area contributed by atoms with Gasteiger partial charge in [0.1, 0.15) is 0 Å². The molecule has 216 valence electrons. The molecule has 2 aromatic heterocycles. The maximum Gasteiger partial charge on any atom is 0.315 e. The second kappa shape index (κ2) is 12.0. The lowest BCUT2D eigenvalue weighted by molar-refractivity contribution is -0.149. The molecule has 0 spiro atoms. The zero-order valence-electron chi connectivity index (χ0n) is 23.7. The van der Waals surface area contributed by atoms with Gasteiger partial charge in [-0.1, -0.05) is 12.1 Å². The van der Waals surface area contributed by atoms with Gasteiger partial charge in [-0.2, -0.15) is 0 Å². The number of ketones is 1. The van der Waals surface area contributed by atoms with Crippen molar-refractivity contribution in [2.24, 2.45) is 5.41 Å². The van der Waals surface area contributed by atoms with Gasteiger partial charge in [-0.25, -0.2) is 9.97 Å². The standard InChI is InChI=1S/C32H28N6O5/c1-19-14-23(9-10-25(19)37-31-34-13-11-26(38-31)21-7-5-12-33-18-21)35-28(40)20-6-4-8-22(15-20)36-29(41)24-16-32(2,17-27(24)39)30(42)43-3/h4-16,18H,17H2,1-3H3,(H,35,40)(H,36,41)(H,34,37,38). The number of Topliss-reactive ketones (excluding diaryl/α,β-unsaturated/α-hetero) is 1. The largest absolute Gasteiger partial charge is 0.468 e. The van der Waals surface area contributed by atoms with Crippen LogP contribution in [-0.2, 0) is 19.1 Å². The summed E-state index contributed by atoms with van der Waals surface area (Å²) in [7, 11) is 1.23. The number of hydrogen-bond acceptors (Lipinski definition) is 9. The fourth-order valence-corrected chi connectivity index (χ4v) is 4.67. The number of nitrogens with one attached hydrogen (secondary N) is 3. The summed E-state index contributed by atoms with van der Waals surface area (Å²) >= 11 is 0. The van der Waals surface area contributed by atoms with Crippen LogP contribution >= 0.6 is 0 Å². The number of carbonyl (C=O) groups excluding carboxylic acids is 4. The first-order chi connectivity index (χ1) is 20.6. The highest BCUT2D eigenvalue weighted by atomic mass is 16.5. The maximum absolute atomic E-state index is 13.0. The van der Waals surface area contributed by atoms with Crippen molar-refractivity contribution >= 4 is 46.6 Å². The van der Waals surface area contributed by atoms with Crippen molar-refractivity contribution in [3.8, 4) is 11.3 Å². The third-order valence-electron chi connectivity index (χ3n) is 6.91. The van der Waals surface area contributed by atoms with E-state index in [1.807, 2.05) is 31.2 Å². The van der Waals surface area contributed by atoms with E-state index in [4.69, 9.17) is 4.74 Å². The van der Waals surface area contributed by atoms with Gasteiger partial charge in [0.2, 0.25) is 5.95 Å². The average molecular weight is 577 g/mol. The molecule has 1 aliphatic rings. The van der Waals surface area contributed by atoms with Crippen molar-refractivity contribution in [2.75, 3.05) is 23.1 Å². The summed E-state index contributed by atoms with van der Waals surface area (Å²) in [5.74, 6) is -1.68. The topological polar surface area (TPSA) is 152 Å². The summed E-state index contributed by atoms with van der Waals surface area (Å²) in [5.41, 5.74) is 3.09. The van der Waals surface area contributed by atoms with Crippen LogP contribution in [0.25, 0.3) is 11.3 Å². The van der Waals surface area contributed by atoms with Crippen molar-refractivity contribution in [2.45, 2.75) is 20.3 Å². The molecule has 11 nitrogen and oxygen atoms in total. The number of amides is 2. The van der Waals surface area contributed by atoms with Crippen LogP contribution in [-0.4, -0.2) is 45.6 Å². The first kappa shape index (κ1) is 28.8. The van der Waals surface area contributed by atoms with E-state index < -0.39 is 29.0 Å². The first-order valence-corrected chi connectivity index (χ1v) is 13.3. The highest BCUT2D eigenvalue weighted by molar-refractivity contribution is 6.26. The number of methoxy groups -OCH3 is 1. The number of carbonyl (C=O) groups is 4. The van der Waals surface area contributed by atoms with Crippen molar-refractivity contribution in [1.29, 1.82) is 0 Å². The lowest BCUT2D eigenvalue weighted by Crippen LogP contribution is -2.25. The van der Waals surface area contributed by atoms with Crippen LogP contribution in [0, 0.1) is 12.3 Å². The number of aromatic nitrogens is 3. The summed E-state index contributed by atoms with van der Waals surface area (Å²) in [4.78, 5) is 63.3. The Morgan fingerprint density at radius 1 is 0.930 bits per heavy atom. The SMILES string of the molecule is COC(=O)C1(C)C=C(C(=O)Nc2cccc(C(=O)Nc3ccc(Nc4nccc(-c5cccnc5)n4)c(C)c3)c2)C(=O)C1. The predicted octanol–water partition coefficient (Wildman–Crippen LogP) is 4.86. The molecule has 11 heteroatoms. The van der Waals surface area contributed by atoms with E-state index in [1.54, 1.807) is 55.8 Å². The van der Waals surface area contributed by atoms with Gasteiger partial charge in [0.15, 0.2) is 5.78 Å². The third-order valence-corrected chi connectivity index (χ3v) is 6.91. The molecule has 0 bridgehead atoms. The zero-order valence-corrected chi connectivity index (χ0v) is 23.7. The second-order valence-corrected chi connectivity index (χ2v) is 10.2. The Morgan fingerprint density at radius 3 is 2.47 bits per heavy atom. The summed E-state index contributed by atoms with van der Waals surface area (Å²) in [6.07, 6.45) is 6.28. The van der Waals surface area contributed by atoms with Crippen molar-refractivity contribution in [3.05, 3.63) is 102 Å². The first-order valence-electron chi connectivity index (χ1n) is 13.3. The van der Waals surface area contributed by atoms with Crippen LogP contribution in [0.1, 0.15) is 29.3 Å². The fraction of sp³-hybridized carbons (Fsp3) is 0.156. The van der Waals surface area contributed by atoms with Gasteiger partial charge >= 0.3 is 5.97 Å². The molecule has 0 saturated carbocycles. The van der Waals surface area contributed by atoms with Gasteiger partial charge in [-0.15, -0.1) is 0 Å². The van der Waals surface area contributed by atoms with Crippen LogP contribution in [0.3, 0.4) is 0 Å². The van der Waals surface area contributed by atoms with E-state index in [-0.39, 0.29) is 12.0 Å². The highest BCUT2D eigenvalue weighted by Crippen LogP contribution is 2.35. The molecule has 1 atom stereocenters. The van der Waals surface area contributed by atoms with E-state index in [2.05, 4.69) is 30.9 Å². The Kier molecular flexibility index (Phi) is 8.06. The Bertz CT molecular complexity index is 1770. The Hall–Kier alpha value is -5.71. The minimum atomic E-state index is -1.19. The average Bonchev–Trinajstić information content (AvgIpc) is 3.34. The van der Waals surface area contributed by atoms with E-state index in [1.165, 1.54) is 19.3 Å². The molecule has 0 aliphatic heterocycles. The minimum Gasteiger partial charge on any atom is -0.468 e. The molecule has 2 amide bonds. The number of anilines is 4. The van der Waals surface area contributed by atoms with E-state index >= 15 is 0 Å². The molecule has 2 heterocycles. The van der Waals surface area contributed by atoms with Crippen molar-refractivity contribution in [1.82, 2.24) is 15.0 Å². The van der Waals surface area contributed by atoms with Gasteiger partial charge in [-0.3, -0.25) is 24.2 Å². The lowest BCUT2D eigenvalue weighted by Gasteiger charge is -2.16. The second-order valence-electron chi connectivity index (χ2n) is 10.2. The van der Waals surface area contributed by atoms with Crippen LogP contribution in [0.15, 0.2) is 90.9 Å². The van der Waals surface area contributed by atoms with Crippen LogP contribution < -0.4 is 16.0 Å². The Balaban J connectivity index is 1.24. The Labute approximate surface area is 247 Å². The predicted molar refractivity (Wildman–Crippen MR) is 161 cm³/mol. The molecule has 4 aromatic rings. The monoisotopic (exact) mass is 576 g/mol. The van der Waals surface area contributed by atoms with Gasteiger partial charge in [0, 0.05) is 53.2 Å². The number of rotatable bonds is 8. The van der Waals surface area contributed by atoms with E-state index in [9.17, 15) is 19.2 Å². The van der Waals surface area contributed by atoms with Gasteiger partial charge in [-0.05, 0) is 74.0 Å². The molecular weight excluding hydrogens is 548 g/mol. The maximum atomic E-state index is 13.0. The van der Waals surface area contributed by atoms with Crippen LogP contribution in [0.5, 0.6) is 0 Å². The van der Waals surface area contributed by atoms with Crippen molar-refractivity contribution in [3.63, 3.8) is 0 Å². The summed E-state index contributed by atoms with van der Waals surface area (Å²) < 4.78 is 4.76. The molecule has 0 saturated heterocycles. The normalized spacial score (nSPS) is 15.8. The molecule has 0 fully saturated rings. The summed E-state index contributed by atoms with van der Waals surface area (Å²) in [5, 5.41) is 8.71. The molecule has 43 heavy (non-hydrogen) atoms. The Morgan fingerprint density at radius 2 is 1.72 bits per heavy atom. The smallest absolute Gasteiger partial charge is 0.315 e. The molecule has 2 aromatic carbocycles. The lowest BCUT2D eigenvalue weighted by atomic mass is 9.90. The highest BCUT2D eigenvalue weighted by Gasteiger charge is 2.43. The van der Waals surface area contributed by atoms with Crippen LogP contribution in [0.2, 0.25) is 0 Å². The molecular formula is C32H28N6O5. The molecule has 1 aliphatic carbocycles. The van der Waals surface area contributed by atoms with Gasteiger partial charge < -0.3 is 20.7 Å². The number of benzene rings is 2. The number of pyridine rings is 1. The number of hydrogen-bond donors (Lipinski definition) is 3. The van der Waals surface area contributed by atoms with Crippen molar-refractivity contribution < 1.29 is 23.9 Å². The number of aryl methyl sites for hydroxylation is 1. The fourth-order valence-electron chi connectivity index (χ4n) is 4.67. The molecule has 0 radical (unpaired) electrons. The van der Waals surface area contributed by atoms with E-state index in [0.29, 0.717) is 22.9 Å². The zero-order chi connectivity index (χ0) is 30.6. The van der Waals surface area contributed by atoms with Gasteiger partial charge in [0.25, 0.3) is 11.8 Å². The summed E-state index contributed by atoms with van der Waals surface area (Å²) in [6, 6.07) is 17.3. The van der Waals surface area contributed by atoms with E-state index in [0.717, 1.165) is 22.5 Å². The molecule has 1 unspecified atom stereocenters. The van der Waals surface area contributed by atoms with Gasteiger partial charge in [0.05, 0.1) is 23.8 Å². The van der Waals surface area contributed by atoms with Crippen LogP contribution in [0.4, 0.5) is 23.0 Å². The number of nitrogens with zero attached hydrogens (tertiary/aromatic N) is 3. The number of ether oxygens (including phenoxy) is 1. The quantitative estimate of drug-likeness (QED) is 0.197.